The van der Waals surface area contributed by atoms with E-state index in [0.29, 0.717) is 11.3 Å². The highest BCUT2D eigenvalue weighted by Gasteiger charge is 2.60. The Bertz CT molecular complexity index is 1140. The van der Waals surface area contributed by atoms with E-state index in [1.807, 2.05) is 60.7 Å². The number of phenolic OH excluding ortho intramolecular Hbond substituents is 1. The fourth-order valence-corrected chi connectivity index (χ4v) is 4.65. The second-order valence-corrected chi connectivity index (χ2v) is 8.53. The molecule has 0 radical (unpaired) electrons. The molecule has 31 heavy (non-hydrogen) atoms. The number of hydrogen-bond acceptors (Lipinski definition) is 5. The van der Waals surface area contributed by atoms with E-state index in [1.54, 1.807) is 23.3 Å². The van der Waals surface area contributed by atoms with Crippen LogP contribution in [-0.4, -0.2) is 27.9 Å². The third kappa shape index (κ3) is 3.40. The number of imide groups is 1. The summed E-state index contributed by atoms with van der Waals surface area (Å²) in [5.74, 6) is -1.39. The van der Waals surface area contributed by atoms with Gasteiger partial charge in [0.1, 0.15) is 11.7 Å². The molecule has 7 heteroatoms. The van der Waals surface area contributed by atoms with Crippen LogP contribution < -0.4 is 5.06 Å². The normalized spacial score (nSPS) is 22.8. The number of nitrogens with zero attached hydrogens (tertiary/aromatic N) is 2. The zero-order chi connectivity index (χ0) is 21.5. The highest BCUT2D eigenvalue weighted by atomic mass is 79.9. The summed E-state index contributed by atoms with van der Waals surface area (Å²) in [6, 6.07) is 23.1. The van der Waals surface area contributed by atoms with E-state index in [0.717, 1.165) is 10.0 Å². The number of fused-ring (bicyclic) bond motifs is 1. The lowest BCUT2D eigenvalue weighted by atomic mass is 9.90. The van der Waals surface area contributed by atoms with E-state index >= 15 is 0 Å². The summed E-state index contributed by atoms with van der Waals surface area (Å²) in [7, 11) is 0. The molecule has 2 amide bonds. The van der Waals surface area contributed by atoms with Gasteiger partial charge in [-0.3, -0.25) is 19.3 Å². The van der Waals surface area contributed by atoms with Crippen LogP contribution in [0.4, 0.5) is 5.69 Å². The van der Waals surface area contributed by atoms with Crippen LogP contribution in [0.15, 0.2) is 83.3 Å². The second kappa shape index (κ2) is 7.83. The Balaban J connectivity index is 1.56. The summed E-state index contributed by atoms with van der Waals surface area (Å²) in [5, 5.41) is 12.2. The highest BCUT2D eigenvalue weighted by molar-refractivity contribution is 9.10. The number of halogens is 1. The van der Waals surface area contributed by atoms with Gasteiger partial charge in [-0.1, -0.05) is 64.5 Å². The quantitative estimate of drug-likeness (QED) is 0.569. The van der Waals surface area contributed by atoms with Gasteiger partial charge in [-0.05, 0) is 35.9 Å². The maximum absolute atomic E-state index is 13.5. The number of benzene rings is 3. The number of carbonyl (C=O) groups excluding carboxylic acids is 2. The first kappa shape index (κ1) is 19.8. The van der Waals surface area contributed by atoms with Crippen LogP contribution in [0.1, 0.15) is 17.2 Å². The standard InChI is InChI=1S/C24H19BrN2O4/c25-16-11-12-19(28)18(13-16)21-20-22(31-27(21)17-9-5-2-6-10-17)24(30)26(23(20)29)14-15-7-3-1-4-8-15/h1-13,20-22,28H,14H2/t20-,21+,22-/m1/s1. The van der Waals surface area contributed by atoms with E-state index in [-0.39, 0.29) is 24.1 Å². The van der Waals surface area contributed by atoms with Crippen LogP contribution in [0, 0.1) is 5.92 Å². The Hall–Kier alpha value is -3.16. The number of anilines is 1. The maximum Gasteiger partial charge on any atom is 0.262 e. The maximum atomic E-state index is 13.5. The smallest absolute Gasteiger partial charge is 0.262 e. The summed E-state index contributed by atoms with van der Waals surface area (Å²) < 4.78 is 0.759. The van der Waals surface area contributed by atoms with Gasteiger partial charge in [0, 0.05) is 10.0 Å². The average Bonchev–Trinajstić information content (AvgIpc) is 3.29. The van der Waals surface area contributed by atoms with Crippen molar-refractivity contribution in [2.45, 2.75) is 18.7 Å². The van der Waals surface area contributed by atoms with Gasteiger partial charge in [0.25, 0.3) is 5.91 Å². The van der Waals surface area contributed by atoms with Gasteiger partial charge in [-0.2, -0.15) is 0 Å². The van der Waals surface area contributed by atoms with Gasteiger partial charge in [0.2, 0.25) is 5.91 Å². The third-order valence-corrected chi connectivity index (χ3v) is 6.20. The molecular formula is C24H19BrN2O4. The lowest BCUT2D eigenvalue weighted by Crippen LogP contribution is -2.37. The minimum absolute atomic E-state index is 0.0418. The predicted octanol–water partition coefficient (Wildman–Crippen LogP) is 4.20. The first-order valence-corrected chi connectivity index (χ1v) is 10.7. The molecule has 0 aromatic heterocycles. The Labute approximate surface area is 187 Å². The molecule has 6 nitrogen and oxygen atoms in total. The zero-order valence-electron chi connectivity index (χ0n) is 16.4. The molecule has 2 aliphatic rings. The fourth-order valence-electron chi connectivity index (χ4n) is 4.27. The molecule has 0 spiro atoms. The van der Waals surface area contributed by atoms with E-state index < -0.39 is 18.1 Å². The summed E-state index contributed by atoms with van der Waals surface area (Å²) in [6.07, 6.45) is -0.945. The number of phenols is 1. The largest absolute Gasteiger partial charge is 0.508 e. The molecule has 0 saturated carbocycles. The summed E-state index contributed by atoms with van der Waals surface area (Å²) >= 11 is 3.44. The summed E-state index contributed by atoms with van der Waals surface area (Å²) in [5.41, 5.74) is 2.09. The molecule has 0 aliphatic carbocycles. The van der Waals surface area contributed by atoms with E-state index in [1.165, 1.54) is 4.90 Å². The Morgan fingerprint density at radius 1 is 0.903 bits per heavy atom. The van der Waals surface area contributed by atoms with Crippen LogP contribution in [0.25, 0.3) is 0 Å². The van der Waals surface area contributed by atoms with E-state index in [9.17, 15) is 14.7 Å². The number of para-hydroxylation sites is 1. The molecule has 2 heterocycles. The van der Waals surface area contributed by atoms with Gasteiger partial charge in [-0.15, -0.1) is 0 Å². The molecule has 3 atom stereocenters. The second-order valence-electron chi connectivity index (χ2n) is 7.61. The molecule has 156 valence electrons. The minimum Gasteiger partial charge on any atom is -0.508 e. The van der Waals surface area contributed by atoms with Gasteiger partial charge < -0.3 is 5.11 Å². The lowest BCUT2D eigenvalue weighted by Gasteiger charge is -2.29. The number of rotatable bonds is 4. The molecule has 2 saturated heterocycles. The molecule has 0 unspecified atom stereocenters. The Kier molecular flexibility index (Phi) is 5.00. The predicted molar refractivity (Wildman–Crippen MR) is 118 cm³/mol. The molecule has 2 fully saturated rings. The number of amides is 2. The molecule has 1 N–H and O–H groups in total. The summed E-state index contributed by atoms with van der Waals surface area (Å²) in [6.45, 7) is 0.192. The van der Waals surface area contributed by atoms with Crippen molar-refractivity contribution in [2.75, 3.05) is 5.06 Å². The van der Waals surface area contributed by atoms with Crippen molar-refractivity contribution in [1.82, 2.24) is 4.90 Å². The van der Waals surface area contributed by atoms with Crippen LogP contribution in [0.3, 0.4) is 0 Å². The number of hydroxylamine groups is 1. The van der Waals surface area contributed by atoms with Gasteiger partial charge in [0.05, 0.1) is 18.3 Å². The Morgan fingerprint density at radius 2 is 1.58 bits per heavy atom. The molecule has 2 aliphatic heterocycles. The zero-order valence-corrected chi connectivity index (χ0v) is 18.0. The van der Waals surface area contributed by atoms with Crippen molar-refractivity contribution in [1.29, 1.82) is 0 Å². The summed E-state index contributed by atoms with van der Waals surface area (Å²) in [4.78, 5) is 34.0. The number of carbonyl (C=O) groups is 2. The number of aromatic hydroxyl groups is 1. The molecule has 5 rings (SSSR count). The first-order valence-electron chi connectivity index (χ1n) is 9.93. The van der Waals surface area contributed by atoms with Crippen molar-refractivity contribution in [3.63, 3.8) is 0 Å². The number of hydrogen-bond donors (Lipinski definition) is 1. The van der Waals surface area contributed by atoms with Gasteiger partial charge >= 0.3 is 0 Å². The van der Waals surface area contributed by atoms with E-state index in [2.05, 4.69) is 15.9 Å². The fraction of sp³-hybridized carbons (Fsp3) is 0.167. The highest BCUT2D eigenvalue weighted by Crippen LogP contribution is 2.49. The average molecular weight is 479 g/mol. The van der Waals surface area contributed by atoms with Crippen molar-refractivity contribution in [3.05, 3.63) is 94.5 Å². The van der Waals surface area contributed by atoms with Crippen molar-refractivity contribution < 1.29 is 19.5 Å². The minimum atomic E-state index is -0.945. The van der Waals surface area contributed by atoms with E-state index in [4.69, 9.17) is 4.84 Å². The van der Waals surface area contributed by atoms with Crippen LogP contribution in [-0.2, 0) is 21.0 Å². The van der Waals surface area contributed by atoms with Gasteiger partial charge in [0.15, 0.2) is 6.10 Å². The number of likely N-dealkylation sites (tertiary alicyclic amines) is 1. The topological polar surface area (TPSA) is 70.1 Å². The molecule has 3 aromatic carbocycles. The first-order chi connectivity index (χ1) is 15.0. The molecule has 3 aromatic rings. The van der Waals surface area contributed by atoms with Crippen LogP contribution in [0.5, 0.6) is 5.75 Å². The van der Waals surface area contributed by atoms with Crippen LogP contribution >= 0.6 is 15.9 Å². The van der Waals surface area contributed by atoms with Crippen LogP contribution in [0.2, 0.25) is 0 Å². The van der Waals surface area contributed by atoms with Gasteiger partial charge in [-0.25, -0.2) is 5.06 Å². The monoisotopic (exact) mass is 478 g/mol. The molecular weight excluding hydrogens is 460 g/mol. The third-order valence-electron chi connectivity index (χ3n) is 5.71. The lowest BCUT2D eigenvalue weighted by molar-refractivity contribution is -0.143. The van der Waals surface area contributed by atoms with Crippen molar-refractivity contribution >= 4 is 33.4 Å². The van der Waals surface area contributed by atoms with Crippen molar-refractivity contribution in [3.8, 4) is 5.75 Å². The SMILES string of the molecule is O=C1[C@H]2[C@@H](ON(c3ccccc3)[C@H]2c2cc(Br)ccc2O)C(=O)N1Cc1ccccc1. The molecule has 0 bridgehead atoms. The van der Waals surface area contributed by atoms with Crippen molar-refractivity contribution in [2.24, 2.45) is 5.92 Å². The Morgan fingerprint density at radius 3 is 2.29 bits per heavy atom.